The highest BCUT2D eigenvalue weighted by Crippen LogP contribution is 2.38. The molecule has 7 nitrogen and oxygen atoms in total. The number of aliphatic hydroxyl groups excluding tert-OH is 1. The van der Waals surface area contributed by atoms with Gasteiger partial charge in [-0.1, -0.05) is 76.9 Å². The highest BCUT2D eigenvalue weighted by atomic mass is 31.2. The molecule has 0 aromatic heterocycles. The lowest BCUT2D eigenvalue weighted by Gasteiger charge is -2.28. The van der Waals surface area contributed by atoms with Gasteiger partial charge >= 0.3 is 0 Å². The monoisotopic (exact) mass is 450 g/mol. The predicted octanol–water partition coefficient (Wildman–Crippen LogP) is 3.75. The zero-order valence-electron chi connectivity index (χ0n) is 19.8. The minimum Gasteiger partial charge on any atom is -0.756 e. The Morgan fingerprint density at radius 3 is 2.07 bits per heavy atom. The summed E-state index contributed by atoms with van der Waals surface area (Å²) in [5.41, 5.74) is 5.82. The summed E-state index contributed by atoms with van der Waals surface area (Å²) < 4.78 is 21.9. The van der Waals surface area contributed by atoms with Crippen LogP contribution in [0.1, 0.15) is 77.6 Å². The summed E-state index contributed by atoms with van der Waals surface area (Å²) in [5, 5.41) is 10.0. The maximum atomic E-state index is 11.7. The Morgan fingerprint density at radius 2 is 1.53 bits per heavy atom. The first kappa shape index (κ1) is 29.7. The van der Waals surface area contributed by atoms with Crippen LogP contribution in [0.5, 0.6) is 0 Å². The number of aliphatic hydroxyl groups is 1. The van der Waals surface area contributed by atoms with E-state index in [1.807, 2.05) is 27.2 Å². The van der Waals surface area contributed by atoms with Crippen LogP contribution in [0.3, 0.4) is 0 Å². The van der Waals surface area contributed by atoms with E-state index < -0.39 is 20.0 Å². The molecule has 0 aliphatic rings. The van der Waals surface area contributed by atoms with Gasteiger partial charge in [-0.05, 0) is 12.8 Å². The molecular formula is C22H47N2O5P. The number of nitrogens with zero attached hydrogens (tertiary/aromatic N) is 1. The van der Waals surface area contributed by atoms with Crippen molar-refractivity contribution < 1.29 is 28.1 Å². The molecule has 0 rings (SSSR count). The van der Waals surface area contributed by atoms with E-state index in [1.165, 1.54) is 57.8 Å². The lowest BCUT2D eigenvalue weighted by atomic mass is 10.1. The third kappa shape index (κ3) is 19.7. The van der Waals surface area contributed by atoms with Crippen LogP contribution in [0.25, 0.3) is 0 Å². The minimum atomic E-state index is -4.41. The number of rotatable bonds is 20. The van der Waals surface area contributed by atoms with Crippen molar-refractivity contribution in [1.82, 2.24) is 0 Å². The second-order valence-electron chi connectivity index (χ2n) is 9.14. The molecule has 0 spiro atoms. The van der Waals surface area contributed by atoms with E-state index in [0.717, 1.165) is 12.8 Å². The van der Waals surface area contributed by atoms with E-state index in [1.54, 1.807) is 6.08 Å². The Kier molecular flexibility index (Phi) is 17.1. The molecule has 0 fully saturated rings. The van der Waals surface area contributed by atoms with Crippen molar-refractivity contribution in [2.24, 2.45) is 5.73 Å². The zero-order valence-corrected chi connectivity index (χ0v) is 20.7. The first-order valence-electron chi connectivity index (χ1n) is 11.6. The van der Waals surface area contributed by atoms with Crippen LogP contribution in [0.4, 0.5) is 0 Å². The Balaban J connectivity index is 3.77. The molecule has 0 bridgehead atoms. The quantitative estimate of drug-likeness (QED) is 0.127. The summed E-state index contributed by atoms with van der Waals surface area (Å²) in [4.78, 5) is 11.7. The van der Waals surface area contributed by atoms with Gasteiger partial charge in [-0.15, -0.1) is 0 Å². The average molecular weight is 451 g/mol. The molecule has 0 aromatic rings. The van der Waals surface area contributed by atoms with Crippen LogP contribution in [0.15, 0.2) is 12.2 Å². The van der Waals surface area contributed by atoms with Crippen molar-refractivity contribution in [2.45, 2.75) is 89.7 Å². The van der Waals surface area contributed by atoms with Crippen molar-refractivity contribution in [2.75, 3.05) is 40.9 Å². The standard InChI is InChI=1S/C22H47N2O5P/c1-5-6-7-8-9-10-11-12-13-14-15-16-17-22(25)21(23)20-29-30(26,27)28-19-18-24(2,3)4/h16-17,21-22,25H,5-15,18-20,23H2,1-4H3. The molecule has 3 atom stereocenters. The molecular weight excluding hydrogens is 403 g/mol. The molecule has 0 aliphatic carbocycles. The van der Waals surface area contributed by atoms with Gasteiger partial charge in [0.1, 0.15) is 13.2 Å². The topological polar surface area (TPSA) is 105 Å². The maximum Gasteiger partial charge on any atom is 0.268 e. The van der Waals surface area contributed by atoms with E-state index in [9.17, 15) is 14.6 Å². The third-order valence-corrected chi connectivity index (χ3v) is 5.90. The van der Waals surface area contributed by atoms with Crippen LogP contribution in [-0.4, -0.2) is 62.6 Å². The number of allylic oxidation sites excluding steroid dienone is 1. The van der Waals surface area contributed by atoms with E-state index in [4.69, 9.17) is 14.8 Å². The normalized spacial score (nSPS) is 16.6. The van der Waals surface area contributed by atoms with Crippen molar-refractivity contribution in [3.05, 3.63) is 12.2 Å². The molecule has 0 aromatic carbocycles. The molecule has 3 N–H and O–H groups in total. The van der Waals surface area contributed by atoms with Gasteiger partial charge in [0.05, 0.1) is 39.9 Å². The summed E-state index contributed by atoms with van der Waals surface area (Å²) in [6.07, 6.45) is 16.4. The van der Waals surface area contributed by atoms with Gasteiger partial charge < -0.3 is 29.3 Å². The van der Waals surface area contributed by atoms with Gasteiger partial charge in [-0.3, -0.25) is 4.57 Å². The summed E-state index contributed by atoms with van der Waals surface area (Å²) in [7, 11) is 1.41. The molecule has 8 heteroatoms. The van der Waals surface area contributed by atoms with Crippen LogP contribution >= 0.6 is 7.82 Å². The van der Waals surface area contributed by atoms with Gasteiger partial charge in [-0.25, -0.2) is 0 Å². The van der Waals surface area contributed by atoms with Crippen molar-refractivity contribution in [3.8, 4) is 0 Å². The number of hydrogen-bond donors (Lipinski definition) is 2. The number of unbranched alkanes of at least 4 members (excludes halogenated alkanes) is 10. The number of hydrogen-bond acceptors (Lipinski definition) is 6. The van der Waals surface area contributed by atoms with Gasteiger partial charge in [0.2, 0.25) is 0 Å². The highest BCUT2D eigenvalue weighted by molar-refractivity contribution is 7.45. The van der Waals surface area contributed by atoms with Crippen molar-refractivity contribution >= 4 is 7.82 Å². The summed E-state index contributed by atoms with van der Waals surface area (Å²) in [6, 6.07) is -0.821. The van der Waals surface area contributed by atoms with E-state index in [-0.39, 0.29) is 13.2 Å². The van der Waals surface area contributed by atoms with Crippen LogP contribution in [-0.2, 0) is 13.6 Å². The maximum absolute atomic E-state index is 11.7. The first-order valence-corrected chi connectivity index (χ1v) is 13.0. The first-order chi connectivity index (χ1) is 14.1. The minimum absolute atomic E-state index is 0.0425. The fourth-order valence-electron chi connectivity index (χ4n) is 2.87. The third-order valence-electron chi connectivity index (χ3n) is 4.93. The average Bonchev–Trinajstić information content (AvgIpc) is 2.65. The van der Waals surface area contributed by atoms with E-state index in [0.29, 0.717) is 11.0 Å². The molecule has 0 saturated carbocycles. The molecule has 180 valence electrons. The molecule has 3 unspecified atom stereocenters. The number of likely N-dealkylation sites (N-methyl/N-ethyl adjacent to an activating group) is 1. The summed E-state index contributed by atoms with van der Waals surface area (Å²) in [6.45, 7) is 2.51. The lowest BCUT2D eigenvalue weighted by Crippen LogP contribution is -2.39. The SMILES string of the molecule is CCCCCCCCCCCCC=CC(O)C(N)COP(=O)([O-])OCC[N+](C)(C)C. The second-order valence-corrected chi connectivity index (χ2v) is 10.6. The van der Waals surface area contributed by atoms with E-state index in [2.05, 4.69) is 6.92 Å². The molecule has 0 radical (unpaired) electrons. The molecule has 0 aliphatic heterocycles. The van der Waals surface area contributed by atoms with Crippen LogP contribution in [0.2, 0.25) is 0 Å². The van der Waals surface area contributed by atoms with Gasteiger partial charge in [0.15, 0.2) is 0 Å². The number of nitrogens with two attached hydrogens (primary N) is 1. The Bertz CT molecular complexity index is 483. The van der Waals surface area contributed by atoms with Gasteiger partial charge in [-0.2, -0.15) is 0 Å². The van der Waals surface area contributed by atoms with Gasteiger partial charge in [0, 0.05) is 0 Å². The van der Waals surface area contributed by atoms with Crippen LogP contribution in [0, 0.1) is 0 Å². The largest absolute Gasteiger partial charge is 0.756 e. The van der Waals surface area contributed by atoms with Crippen molar-refractivity contribution in [3.63, 3.8) is 0 Å². The predicted molar refractivity (Wildman–Crippen MR) is 122 cm³/mol. The smallest absolute Gasteiger partial charge is 0.268 e. The number of phosphoric acid groups is 1. The molecule has 0 heterocycles. The summed E-state index contributed by atoms with van der Waals surface area (Å²) >= 11 is 0. The lowest BCUT2D eigenvalue weighted by molar-refractivity contribution is -0.870. The highest BCUT2D eigenvalue weighted by Gasteiger charge is 2.18. The zero-order chi connectivity index (χ0) is 22.9. The number of quaternary nitrogens is 1. The Hall–Kier alpha value is -0.270. The number of phosphoric ester groups is 1. The summed E-state index contributed by atoms with van der Waals surface area (Å²) in [5.74, 6) is 0. The second kappa shape index (κ2) is 17.3. The fraction of sp³-hybridized carbons (Fsp3) is 0.909. The Morgan fingerprint density at radius 1 is 1.00 bits per heavy atom. The molecule has 0 amide bonds. The fourth-order valence-corrected chi connectivity index (χ4v) is 3.60. The molecule has 30 heavy (non-hydrogen) atoms. The van der Waals surface area contributed by atoms with Crippen molar-refractivity contribution in [1.29, 1.82) is 0 Å². The Labute approximate surface area is 184 Å². The van der Waals surface area contributed by atoms with Crippen LogP contribution < -0.4 is 10.6 Å². The van der Waals surface area contributed by atoms with Gasteiger partial charge in [0.25, 0.3) is 7.82 Å². The molecule has 0 saturated heterocycles. The van der Waals surface area contributed by atoms with E-state index >= 15 is 0 Å².